The van der Waals surface area contributed by atoms with E-state index in [0.717, 1.165) is 5.56 Å². The summed E-state index contributed by atoms with van der Waals surface area (Å²) in [6.45, 7) is -0.277. The third-order valence-corrected chi connectivity index (χ3v) is 7.59. The monoisotopic (exact) mass is 593 g/mol. The summed E-state index contributed by atoms with van der Waals surface area (Å²) in [6, 6.07) is 7.48. The van der Waals surface area contributed by atoms with Crippen LogP contribution in [-0.2, 0) is 20.8 Å². The molecule has 13 heteroatoms. The number of aliphatic hydroxyl groups excluding tert-OH is 1. The van der Waals surface area contributed by atoms with E-state index in [1.807, 2.05) is 18.2 Å². The summed E-state index contributed by atoms with van der Waals surface area (Å²) >= 11 is 0. The maximum Gasteiger partial charge on any atom is 0.335 e. The quantitative estimate of drug-likeness (QED) is 0.280. The molecule has 0 radical (unpaired) electrons. The zero-order valence-electron chi connectivity index (χ0n) is 22.4. The Bertz CT molecular complexity index is 1300. The molecule has 2 aromatic rings. The minimum Gasteiger partial charge on any atom is -0.478 e. The molecular weight excluding hydrogens is 562 g/mol. The van der Waals surface area contributed by atoms with Gasteiger partial charge in [-0.15, -0.1) is 0 Å². The van der Waals surface area contributed by atoms with E-state index < -0.39 is 90.5 Å². The highest BCUT2D eigenvalue weighted by Crippen LogP contribution is 2.37. The SMILES string of the molecule is O=C(O)c1cc(F)c(CCNC(=O)[C@H](CC(F)F)NC(=O)C2C[C@@H](c3ccccc3)CN2C(=O)C(O)C2CC2)c(F)c1. The van der Waals surface area contributed by atoms with E-state index >= 15 is 0 Å². The molecule has 1 aliphatic carbocycles. The van der Waals surface area contributed by atoms with Gasteiger partial charge in [0.1, 0.15) is 29.8 Å². The van der Waals surface area contributed by atoms with Gasteiger partial charge in [-0.05, 0) is 49.3 Å². The number of carboxylic acids is 1. The smallest absolute Gasteiger partial charge is 0.335 e. The number of hydrogen-bond acceptors (Lipinski definition) is 5. The molecule has 2 aliphatic rings. The van der Waals surface area contributed by atoms with Gasteiger partial charge >= 0.3 is 5.97 Å². The van der Waals surface area contributed by atoms with Crippen LogP contribution in [0.4, 0.5) is 17.6 Å². The number of likely N-dealkylation sites (tertiary alicyclic amines) is 1. The van der Waals surface area contributed by atoms with Crippen molar-refractivity contribution >= 4 is 23.7 Å². The molecule has 3 amide bonds. The molecule has 4 atom stereocenters. The van der Waals surface area contributed by atoms with Crippen molar-refractivity contribution in [3.8, 4) is 0 Å². The fraction of sp³-hybridized carbons (Fsp3) is 0.448. The predicted octanol–water partition coefficient (Wildman–Crippen LogP) is 2.62. The Kier molecular flexibility index (Phi) is 9.81. The van der Waals surface area contributed by atoms with Gasteiger partial charge in [0.25, 0.3) is 5.91 Å². The summed E-state index contributed by atoms with van der Waals surface area (Å²) in [5.74, 6) is -6.80. The molecule has 2 unspecified atom stereocenters. The Labute approximate surface area is 238 Å². The van der Waals surface area contributed by atoms with E-state index in [1.54, 1.807) is 12.1 Å². The first-order valence-electron chi connectivity index (χ1n) is 13.6. The second kappa shape index (κ2) is 13.3. The van der Waals surface area contributed by atoms with Crippen LogP contribution in [0.1, 0.15) is 53.1 Å². The molecule has 4 N–H and O–H groups in total. The molecule has 1 saturated carbocycles. The molecule has 42 heavy (non-hydrogen) atoms. The lowest BCUT2D eigenvalue weighted by Crippen LogP contribution is -2.55. The molecule has 4 rings (SSSR count). The number of hydrogen-bond donors (Lipinski definition) is 4. The van der Waals surface area contributed by atoms with E-state index in [-0.39, 0.29) is 24.8 Å². The fourth-order valence-corrected chi connectivity index (χ4v) is 5.16. The van der Waals surface area contributed by atoms with Crippen molar-refractivity contribution in [2.24, 2.45) is 5.92 Å². The lowest BCUT2D eigenvalue weighted by molar-refractivity contribution is -0.146. The highest BCUT2D eigenvalue weighted by Gasteiger charge is 2.45. The van der Waals surface area contributed by atoms with Crippen molar-refractivity contribution in [3.63, 3.8) is 0 Å². The standard InChI is InChI=1S/C29H31F4N3O6/c30-20-10-17(29(41)42)11-21(31)19(20)8-9-34-26(38)22(13-24(32)33)35-27(39)23-12-18(15-4-2-1-3-5-15)14-36(23)28(40)25(37)16-6-7-16/h1-5,10-11,16,18,22-25,37H,6-9,12-14H2,(H,34,38)(H,35,39)(H,41,42)/t18-,22+,23?,25?/m1/s1. The first kappa shape index (κ1) is 30.9. The van der Waals surface area contributed by atoms with E-state index in [0.29, 0.717) is 25.0 Å². The van der Waals surface area contributed by atoms with Gasteiger partial charge in [-0.2, -0.15) is 0 Å². The molecule has 0 aromatic heterocycles. The summed E-state index contributed by atoms with van der Waals surface area (Å²) in [4.78, 5) is 51.5. The van der Waals surface area contributed by atoms with Gasteiger partial charge < -0.3 is 25.7 Å². The second-order valence-corrected chi connectivity index (χ2v) is 10.6. The number of carbonyl (C=O) groups is 4. The number of aliphatic hydroxyl groups is 1. The number of carboxylic acid groups (broad SMARTS) is 1. The minimum atomic E-state index is -2.99. The number of nitrogens with zero attached hydrogens (tertiary/aromatic N) is 1. The van der Waals surface area contributed by atoms with Crippen LogP contribution >= 0.6 is 0 Å². The van der Waals surface area contributed by atoms with Crippen molar-refractivity contribution in [1.29, 1.82) is 0 Å². The highest BCUT2D eigenvalue weighted by molar-refractivity contribution is 5.93. The number of amides is 3. The molecule has 1 aliphatic heterocycles. The Morgan fingerprint density at radius 2 is 1.67 bits per heavy atom. The molecule has 1 saturated heterocycles. The number of rotatable bonds is 12. The van der Waals surface area contributed by atoms with Crippen LogP contribution in [0.3, 0.4) is 0 Å². The van der Waals surface area contributed by atoms with Gasteiger partial charge in [0, 0.05) is 31.0 Å². The molecule has 2 fully saturated rings. The first-order chi connectivity index (χ1) is 20.0. The summed E-state index contributed by atoms with van der Waals surface area (Å²) in [6.07, 6.45) is -4.26. The predicted molar refractivity (Wildman–Crippen MR) is 141 cm³/mol. The lowest BCUT2D eigenvalue weighted by atomic mass is 9.96. The van der Waals surface area contributed by atoms with Crippen molar-refractivity contribution < 1.29 is 47.0 Å². The molecule has 1 heterocycles. The molecule has 0 spiro atoms. The van der Waals surface area contributed by atoms with Gasteiger partial charge in [-0.1, -0.05) is 30.3 Å². The Morgan fingerprint density at radius 3 is 2.24 bits per heavy atom. The minimum absolute atomic E-state index is 0.119. The Balaban J connectivity index is 1.44. The van der Waals surface area contributed by atoms with Crippen LogP contribution in [0.5, 0.6) is 0 Å². The van der Waals surface area contributed by atoms with E-state index in [9.17, 15) is 41.8 Å². The lowest BCUT2D eigenvalue weighted by Gasteiger charge is -2.28. The average Bonchev–Trinajstić information content (AvgIpc) is 3.70. The highest BCUT2D eigenvalue weighted by atomic mass is 19.3. The number of benzene rings is 2. The van der Waals surface area contributed by atoms with E-state index in [2.05, 4.69) is 10.6 Å². The van der Waals surface area contributed by atoms with Crippen molar-refractivity contribution in [1.82, 2.24) is 15.5 Å². The van der Waals surface area contributed by atoms with Gasteiger partial charge in [-0.3, -0.25) is 14.4 Å². The van der Waals surface area contributed by atoms with Crippen LogP contribution < -0.4 is 10.6 Å². The van der Waals surface area contributed by atoms with E-state index in [1.165, 1.54) is 4.90 Å². The average molecular weight is 594 g/mol. The maximum absolute atomic E-state index is 14.2. The third-order valence-electron chi connectivity index (χ3n) is 7.59. The summed E-state index contributed by atoms with van der Waals surface area (Å²) in [5.41, 5.74) is -0.253. The number of nitrogens with one attached hydrogen (secondary N) is 2. The van der Waals surface area contributed by atoms with Gasteiger partial charge in [0.05, 0.1) is 5.56 Å². The number of carbonyl (C=O) groups excluding carboxylic acids is 3. The van der Waals surface area contributed by atoms with Crippen LogP contribution in [0.2, 0.25) is 0 Å². The molecular formula is C29H31F4N3O6. The molecule has 9 nitrogen and oxygen atoms in total. The number of halogens is 4. The first-order valence-corrected chi connectivity index (χ1v) is 13.6. The fourth-order valence-electron chi connectivity index (χ4n) is 5.16. The van der Waals surface area contributed by atoms with Crippen LogP contribution in [0.25, 0.3) is 0 Å². The molecule has 2 aromatic carbocycles. The Morgan fingerprint density at radius 1 is 1.02 bits per heavy atom. The van der Waals surface area contributed by atoms with Crippen molar-refractivity contribution in [2.75, 3.05) is 13.1 Å². The largest absolute Gasteiger partial charge is 0.478 e. The maximum atomic E-state index is 14.2. The van der Waals surface area contributed by atoms with Crippen molar-refractivity contribution in [3.05, 3.63) is 70.8 Å². The third kappa shape index (κ3) is 7.44. The Hall–Kier alpha value is -4.00. The van der Waals surface area contributed by atoms with Gasteiger partial charge in [-0.25, -0.2) is 22.4 Å². The van der Waals surface area contributed by atoms with Crippen LogP contribution in [-0.4, -0.2) is 76.5 Å². The van der Waals surface area contributed by atoms with Crippen LogP contribution in [0.15, 0.2) is 42.5 Å². The zero-order valence-corrected chi connectivity index (χ0v) is 22.4. The second-order valence-electron chi connectivity index (χ2n) is 10.6. The van der Waals surface area contributed by atoms with Crippen molar-refractivity contribution in [2.45, 2.75) is 62.6 Å². The normalized spacial score (nSPS) is 19.8. The number of alkyl halides is 2. The van der Waals surface area contributed by atoms with Crippen LogP contribution in [0, 0.1) is 17.6 Å². The number of aromatic carboxylic acids is 1. The summed E-state index contributed by atoms with van der Waals surface area (Å²) in [7, 11) is 0. The van der Waals surface area contributed by atoms with Gasteiger partial charge in [0.15, 0.2) is 0 Å². The molecule has 0 bridgehead atoms. The summed E-state index contributed by atoms with van der Waals surface area (Å²) < 4.78 is 55.2. The van der Waals surface area contributed by atoms with E-state index in [4.69, 9.17) is 5.11 Å². The molecule has 226 valence electrons. The zero-order chi connectivity index (χ0) is 30.6. The van der Waals surface area contributed by atoms with Gasteiger partial charge in [0.2, 0.25) is 18.2 Å². The topological polar surface area (TPSA) is 136 Å². The summed E-state index contributed by atoms with van der Waals surface area (Å²) in [5, 5.41) is 24.0.